The molecule has 0 bridgehead atoms. The molecule has 26 heavy (non-hydrogen) atoms. The van der Waals surface area contributed by atoms with Gasteiger partial charge < -0.3 is 19.9 Å². The average molecular weight is 377 g/mol. The summed E-state index contributed by atoms with van der Waals surface area (Å²) in [7, 11) is 1.63. The summed E-state index contributed by atoms with van der Waals surface area (Å²) in [5, 5.41) is 9.15. The van der Waals surface area contributed by atoms with Gasteiger partial charge in [0.1, 0.15) is 11.5 Å². The number of hydrogen-bond donors (Lipinski definition) is 2. The molecule has 2 amide bonds. The Morgan fingerprint density at radius 1 is 1.19 bits per heavy atom. The Bertz CT molecular complexity index is 761. The summed E-state index contributed by atoms with van der Waals surface area (Å²) >= 11 is 1.24. The van der Waals surface area contributed by atoms with E-state index >= 15 is 0 Å². The molecule has 0 saturated heterocycles. The van der Waals surface area contributed by atoms with E-state index in [0.717, 1.165) is 16.9 Å². The molecular weight excluding hydrogens is 354 g/mol. The first-order valence-electron chi connectivity index (χ1n) is 8.19. The number of rotatable bonds is 9. The third kappa shape index (κ3) is 6.44. The van der Waals surface area contributed by atoms with Crippen LogP contribution in [0.4, 0.5) is 5.82 Å². The minimum Gasteiger partial charge on any atom is -0.496 e. The molecule has 7 nitrogen and oxygen atoms in total. The zero-order chi connectivity index (χ0) is 18.9. The highest BCUT2D eigenvalue weighted by Crippen LogP contribution is 2.19. The topological polar surface area (TPSA) is 93.5 Å². The van der Waals surface area contributed by atoms with E-state index in [0.29, 0.717) is 24.5 Å². The average Bonchev–Trinajstić information content (AvgIpc) is 3.00. The zero-order valence-electron chi connectivity index (χ0n) is 15.1. The van der Waals surface area contributed by atoms with Crippen molar-refractivity contribution < 1.29 is 18.8 Å². The number of benzene rings is 1. The highest BCUT2D eigenvalue weighted by molar-refractivity contribution is 8.00. The molecular formula is C18H23N3O4S. The maximum absolute atomic E-state index is 11.9. The van der Waals surface area contributed by atoms with Crippen LogP contribution in [-0.2, 0) is 16.0 Å². The van der Waals surface area contributed by atoms with Crippen molar-refractivity contribution in [1.82, 2.24) is 10.5 Å². The lowest BCUT2D eigenvalue weighted by molar-refractivity contribution is -0.118. The number of aromatic nitrogens is 1. The molecule has 0 atom stereocenters. The molecule has 2 N–H and O–H groups in total. The Morgan fingerprint density at radius 2 is 1.96 bits per heavy atom. The molecule has 1 aromatic carbocycles. The van der Waals surface area contributed by atoms with Crippen molar-refractivity contribution in [2.45, 2.75) is 20.3 Å². The second kappa shape index (κ2) is 9.86. The fraction of sp³-hybridized carbons (Fsp3) is 0.389. The van der Waals surface area contributed by atoms with E-state index in [1.807, 2.05) is 19.1 Å². The smallest absolute Gasteiger partial charge is 0.235 e. The number of hydrogen-bond acceptors (Lipinski definition) is 6. The van der Waals surface area contributed by atoms with Crippen LogP contribution in [0.1, 0.15) is 16.9 Å². The van der Waals surface area contributed by atoms with Crippen LogP contribution in [0.2, 0.25) is 0 Å². The van der Waals surface area contributed by atoms with Gasteiger partial charge >= 0.3 is 0 Å². The van der Waals surface area contributed by atoms with Crippen LogP contribution in [-0.4, -0.2) is 42.1 Å². The van der Waals surface area contributed by atoms with Crippen LogP contribution < -0.4 is 15.4 Å². The van der Waals surface area contributed by atoms with Crippen LogP contribution in [0.15, 0.2) is 28.8 Å². The minimum atomic E-state index is -0.222. The Balaban J connectivity index is 1.64. The Labute approximate surface area is 156 Å². The van der Waals surface area contributed by atoms with Crippen LogP contribution in [0.5, 0.6) is 5.75 Å². The molecule has 0 spiro atoms. The van der Waals surface area contributed by atoms with E-state index in [9.17, 15) is 9.59 Å². The van der Waals surface area contributed by atoms with E-state index in [2.05, 4.69) is 21.9 Å². The number of ether oxygens (including phenoxy) is 1. The molecule has 140 valence electrons. The number of nitrogens with zero attached hydrogens (tertiary/aromatic N) is 1. The van der Waals surface area contributed by atoms with Gasteiger partial charge in [-0.05, 0) is 31.9 Å². The lowest BCUT2D eigenvalue weighted by Gasteiger charge is -2.10. The summed E-state index contributed by atoms with van der Waals surface area (Å²) in [4.78, 5) is 23.6. The number of methoxy groups -OCH3 is 1. The van der Waals surface area contributed by atoms with Crippen LogP contribution in [0.3, 0.4) is 0 Å². The van der Waals surface area contributed by atoms with Crippen molar-refractivity contribution in [2.75, 3.05) is 30.5 Å². The highest BCUT2D eigenvalue weighted by Gasteiger charge is 2.09. The number of amides is 2. The number of nitrogens with one attached hydrogen (secondary N) is 2. The Morgan fingerprint density at radius 3 is 2.65 bits per heavy atom. The van der Waals surface area contributed by atoms with Gasteiger partial charge in [-0.1, -0.05) is 22.9 Å². The molecule has 0 unspecified atom stereocenters. The molecule has 1 heterocycles. The van der Waals surface area contributed by atoms with E-state index in [1.165, 1.54) is 11.8 Å². The molecule has 0 aliphatic rings. The fourth-order valence-corrected chi connectivity index (χ4v) is 2.98. The number of carbonyl (C=O) groups is 2. The van der Waals surface area contributed by atoms with E-state index < -0.39 is 0 Å². The maximum Gasteiger partial charge on any atom is 0.235 e. The van der Waals surface area contributed by atoms with Gasteiger partial charge in [0.2, 0.25) is 11.8 Å². The quantitative estimate of drug-likeness (QED) is 0.697. The third-order valence-electron chi connectivity index (χ3n) is 3.51. The monoisotopic (exact) mass is 377 g/mol. The lowest BCUT2D eigenvalue weighted by atomic mass is 10.1. The number of thioether (sulfide) groups is 1. The van der Waals surface area contributed by atoms with Gasteiger partial charge in [0.05, 0.1) is 18.6 Å². The normalized spacial score (nSPS) is 10.4. The standard InChI is InChI=1S/C18H23N3O4S/c1-12-4-5-15(24-3)14(8-12)6-7-19-17(22)10-26-11-18(23)20-16-9-13(2)25-21-16/h4-5,8-9H,6-7,10-11H2,1-3H3,(H,19,22)(H,20,21,23). The van der Waals surface area contributed by atoms with Crippen molar-refractivity contribution in [3.8, 4) is 5.75 Å². The number of anilines is 1. The molecule has 0 radical (unpaired) electrons. The van der Waals surface area contributed by atoms with Gasteiger partial charge in [0.25, 0.3) is 0 Å². The summed E-state index contributed by atoms with van der Waals surface area (Å²) in [6.07, 6.45) is 0.688. The second-order valence-electron chi connectivity index (χ2n) is 5.78. The first kappa shape index (κ1) is 19.8. The Hall–Kier alpha value is -2.48. The lowest BCUT2D eigenvalue weighted by Crippen LogP contribution is -2.28. The SMILES string of the molecule is COc1ccc(C)cc1CCNC(=O)CSCC(=O)Nc1cc(C)on1. The van der Waals surface area contributed by atoms with Gasteiger partial charge in [-0.3, -0.25) is 9.59 Å². The van der Waals surface area contributed by atoms with E-state index in [1.54, 1.807) is 20.1 Å². The second-order valence-corrected chi connectivity index (χ2v) is 6.76. The first-order chi connectivity index (χ1) is 12.5. The number of carbonyl (C=O) groups excluding carboxylic acids is 2. The largest absolute Gasteiger partial charge is 0.496 e. The molecule has 0 fully saturated rings. The van der Waals surface area contributed by atoms with E-state index in [4.69, 9.17) is 9.26 Å². The van der Waals surface area contributed by atoms with Gasteiger partial charge in [-0.25, -0.2) is 0 Å². The third-order valence-corrected chi connectivity index (χ3v) is 4.45. The molecule has 0 aliphatic heterocycles. The molecule has 0 saturated carbocycles. The molecule has 0 aliphatic carbocycles. The van der Waals surface area contributed by atoms with Crippen LogP contribution in [0, 0.1) is 13.8 Å². The van der Waals surface area contributed by atoms with Crippen LogP contribution >= 0.6 is 11.8 Å². The van der Waals surface area contributed by atoms with Crippen molar-refractivity contribution in [2.24, 2.45) is 0 Å². The summed E-state index contributed by atoms with van der Waals surface area (Å²) in [5.41, 5.74) is 2.21. The predicted octanol–water partition coefficient (Wildman–Crippen LogP) is 2.33. The van der Waals surface area contributed by atoms with Crippen molar-refractivity contribution in [1.29, 1.82) is 0 Å². The molecule has 2 rings (SSSR count). The van der Waals surface area contributed by atoms with Crippen LogP contribution in [0.25, 0.3) is 0 Å². The van der Waals surface area contributed by atoms with E-state index in [-0.39, 0.29) is 23.3 Å². The zero-order valence-corrected chi connectivity index (χ0v) is 15.9. The summed E-state index contributed by atoms with van der Waals surface area (Å²) in [5.74, 6) is 1.88. The van der Waals surface area contributed by atoms with Gasteiger partial charge in [-0.2, -0.15) is 0 Å². The summed E-state index contributed by atoms with van der Waals surface area (Å²) in [6.45, 7) is 4.28. The molecule has 2 aromatic rings. The van der Waals surface area contributed by atoms with Crippen molar-refractivity contribution >= 4 is 29.4 Å². The highest BCUT2D eigenvalue weighted by atomic mass is 32.2. The van der Waals surface area contributed by atoms with Gasteiger partial charge in [0, 0.05) is 12.6 Å². The van der Waals surface area contributed by atoms with Crippen molar-refractivity contribution in [3.05, 3.63) is 41.2 Å². The van der Waals surface area contributed by atoms with Gasteiger partial charge in [-0.15, -0.1) is 11.8 Å². The maximum atomic E-state index is 11.9. The molecule has 8 heteroatoms. The molecule has 1 aromatic heterocycles. The summed E-state index contributed by atoms with van der Waals surface area (Å²) < 4.78 is 10.2. The van der Waals surface area contributed by atoms with Gasteiger partial charge in [0.15, 0.2) is 5.82 Å². The first-order valence-corrected chi connectivity index (χ1v) is 9.34. The van der Waals surface area contributed by atoms with Crippen molar-refractivity contribution in [3.63, 3.8) is 0 Å². The predicted molar refractivity (Wildman–Crippen MR) is 102 cm³/mol. The summed E-state index contributed by atoms with van der Waals surface area (Å²) in [6, 6.07) is 7.60. The Kier molecular flexibility index (Phi) is 7.53. The fourth-order valence-electron chi connectivity index (χ4n) is 2.33. The number of aryl methyl sites for hydroxylation is 2. The minimum absolute atomic E-state index is 0.105.